The standard InChI is InChI=1S/C24H34O2S6/c1-2-24(25)26-18-11-8-10-17(13-18)9-6-4-3-5-7-12-20-22(29-20)15-23-21-14-19(28-21)16-27-31-32-30-23/h8,10-11,13,19-23H,2-7,9,12,14-16H2,1H3. The van der Waals surface area contributed by atoms with Gasteiger partial charge in [-0.25, -0.2) is 0 Å². The number of benzene rings is 1. The molecule has 0 saturated carbocycles. The van der Waals surface area contributed by atoms with Crippen LogP contribution < -0.4 is 4.74 Å². The van der Waals surface area contributed by atoms with Crippen molar-refractivity contribution in [1.82, 2.24) is 0 Å². The molecule has 4 aliphatic rings. The molecule has 178 valence electrons. The quantitative estimate of drug-likeness (QED) is 0.0844. The summed E-state index contributed by atoms with van der Waals surface area (Å²) in [6.45, 7) is 1.83. The van der Waals surface area contributed by atoms with Gasteiger partial charge in [-0.3, -0.25) is 4.79 Å². The maximum atomic E-state index is 11.5. The lowest BCUT2D eigenvalue weighted by molar-refractivity contribution is -0.134. The van der Waals surface area contributed by atoms with Crippen LogP contribution in [0.15, 0.2) is 24.3 Å². The Kier molecular flexibility index (Phi) is 11.1. The molecule has 4 fully saturated rings. The Morgan fingerprint density at radius 1 is 1.03 bits per heavy atom. The highest BCUT2D eigenvalue weighted by Gasteiger charge is 2.44. The van der Waals surface area contributed by atoms with Gasteiger partial charge in [0.05, 0.1) is 0 Å². The number of rotatable bonds is 12. The van der Waals surface area contributed by atoms with E-state index in [0.29, 0.717) is 12.2 Å². The summed E-state index contributed by atoms with van der Waals surface area (Å²) in [4.78, 5) is 11.5. The van der Waals surface area contributed by atoms with Crippen LogP contribution in [-0.2, 0) is 11.2 Å². The summed E-state index contributed by atoms with van der Waals surface area (Å²) >= 11 is 4.53. The second-order valence-corrected chi connectivity index (χ2v) is 18.0. The van der Waals surface area contributed by atoms with Gasteiger partial charge >= 0.3 is 5.97 Å². The molecule has 5 rings (SSSR count). The SMILES string of the molecule is CCC(=O)Oc1cccc(CCCCCCCC2SC2CC2SSSSCC3CC2S3)c1. The molecule has 2 nitrogen and oxygen atoms in total. The van der Waals surface area contributed by atoms with Crippen LogP contribution >= 0.6 is 64.8 Å². The molecule has 4 heterocycles. The first-order valence-corrected chi connectivity index (χ1v) is 18.9. The maximum absolute atomic E-state index is 11.5. The highest BCUT2D eigenvalue weighted by atomic mass is 33.7. The number of esters is 1. The van der Waals surface area contributed by atoms with E-state index in [0.717, 1.165) is 32.7 Å². The number of hydrogen-bond donors (Lipinski definition) is 0. The summed E-state index contributed by atoms with van der Waals surface area (Å²) in [5, 5.41) is 4.63. The van der Waals surface area contributed by atoms with Crippen LogP contribution in [0.5, 0.6) is 5.75 Å². The Labute approximate surface area is 217 Å². The number of ether oxygens (including phenoxy) is 1. The van der Waals surface area contributed by atoms with Crippen LogP contribution in [-0.4, -0.2) is 38.0 Å². The molecule has 5 unspecified atom stereocenters. The first kappa shape index (κ1) is 25.9. The fraction of sp³-hybridized carbons (Fsp3) is 0.708. The summed E-state index contributed by atoms with van der Waals surface area (Å²) < 4.78 is 5.33. The molecule has 4 aliphatic heterocycles. The summed E-state index contributed by atoms with van der Waals surface area (Å²) in [6, 6.07) is 8.02. The molecule has 0 spiro atoms. The van der Waals surface area contributed by atoms with Crippen molar-refractivity contribution >= 4 is 70.7 Å². The van der Waals surface area contributed by atoms with E-state index in [1.165, 1.54) is 62.7 Å². The lowest BCUT2D eigenvalue weighted by Crippen LogP contribution is -2.36. The van der Waals surface area contributed by atoms with E-state index in [9.17, 15) is 4.79 Å². The normalized spacial score (nSPS) is 29.3. The molecule has 0 aromatic heterocycles. The first-order chi connectivity index (χ1) is 15.7. The van der Waals surface area contributed by atoms with E-state index in [2.05, 4.69) is 51.2 Å². The Morgan fingerprint density at radius 3 is 2.75 bits per heavy atom. The van der Waals surface area contributed by atoms with Gasteiger partial charge in [0, 0.05) is 38.4 Å². The van der Waals surface area contributed by atoms with E-state index >= 15 is 0 Å². The summed E-state index contributed by atoms with van der Waals surface area (Å²) in [6.07, 6.45) is 12.5. The predicted octanol–water partition coefficient (Wildman–Crippen LogP) is 8.69. The van der Waals surface area contributed by atoms with Crippen molar-refractivity contribution in [1.29, 1.82) is 0 Å². The number of aryl methyl sites for hydroxylation is 1. The molecule has 0 amide bonds. The van der Waals surface area contributed by atoms with Crippen LogP contribution in [0.2, 0.25) is 0 Å². The van der Waals surface area contributed by atoms with Gasteiger partial charge in [0.15, 0.2) is 0 Å². The molecule has 0 radical (unpaired) electrons. The van der Waals surface area contributed by atoms with Gasteiger partial charge < -0.3 is 4.74 Å². The third-order valence-corrected chi connectivity index (χ3v) is 16.7. The van der Waals surface area contributed by atoms with Crippen LogP contribution in [0.25, 0.3) is 0 Å². The topological polar surface area (TPSA) is 26.3 Å². The molecule has 0 aliphatic carbocycles. The van der Waals surface area contributed by atoms with Gasteiger partial charge in [-0.05, 0) is 69.5 Å². The monoisotopic (exact) mass is 546 g/mol. The fourth-order valence-corrected chi connectivity index (χ4v) is 14.9. The average Bonchev–Trinajstić information content (AvgIpc) is 3.47. The zero-order chi connectivity index (χ0) is 22.2. The number of unbranched alkanes of at least 4 members (excludes halogenated alkanes) is 4. The van der Waals surface area contributed by atoms with Crippen molar-refractivity contribution < 1.29 is 9.53 Å². The fourth-order valence-electron chi connectivity index (χ4n) is 4.33. The highest BCUT2D eigenvalue weighted by Crippen LogP contribution is 2.58. The summed E-state index contributed by atoms with van der Waals surface area (Å²) in [7, 11) is 8.27. The van der Waals surface area contributed by atoms with E-state index in [1.54, 1.807) is 0 Å². The minimum atomic E-state index is -0.162. The Bertz CT molecular complexity index is 726. The van der Waals surface area contributed by atoms with Gasteiger partial charge in [-0.2, -0.15) is 23.5 Å². The van der Waals surface area contributed by atoms with E-state index in [4.69, 9.17) is 4.74 Å². The maximum Gasteiger partial charge on any atom is 0.310 e. The molecular formula is C24H34O2S6. The van der Waals surface area contributed by atoms with E-state index in [-0.39, 0.29) is 5.97 Å². The van der Waals surface area contributed by atoms with Crippen LogP contribution in [0.3, 0.4) is 0 Å². The third-order valence-electron chi connectivity index (χ3n) is 6.29. The van der Waals surface area contributed by atoms with Crippen molar-refractivity contribution in [3.8, 4) is 5.75 Å². The van der Waals surface area contributed by atoms with Gasteiger partial charge in [0.2, 0.25) is 0 Å². The minimum absolute atomic E-state index is 0.162. The van der Waals surface area contributed by atoms with Crippen molar-refractivity contribution in [2.45, 2.75) is 97.4 Å². The van der Waals surface area contributed by atoms with Crippen LogP contribution in [0.4, 0.5) is 0 Å². The van der Waals surface area contributed by atoms with Crippen molar-refractivity contribution in [2.75, 3.05) is 5.75 Å². The second-order valence-electron chi connectivity index (χ2n) is 8.82. The smallest absolute Gasteiger partial charge is 0.310 e. The van der Waals surface area contributed by atoms with Crippen molar-refractivity contribution in [3.05, 3.63) is 29.8 Å². The number of carbonyl (C=O) groups excluding carboxylic acids is 1. The minimum Gasteiger partial charge on any atom is -0.427 e. The molecule has 8 heteroatoms. The third kappa shape index (κ3) is 8.47. The Morgan fingerprint density at radius 2 is 1.88 bits per heavy atom. The average molecular weight is 547 g/mol. The molecule has 2 bridgehead atoms. The van der Waals surface area contributed by atoms with Crippen LogP contribution in [0.1, 0.15) is 70.3 Å². The molecule has 1 aromatic carbocycles. The molecule has 32 heavy (non-hydrogen) atoms. The van der Waals surface area contributed by atoms with Gasteiger partial charge in [-0.15, -0.1) is 0 Å². The summed E-state index contributed by atoms with van der Waals surface area (Å²) in [5.74, 6) is 1.86. The number of fused-ring (bicyclic) bond motifs is 5. The number of hydrogen-bond acceptors (Lipinski definition) is 8. The Balaban J connectivity index is 1.03. The molecule has 4 saturated heterocycles. The van der Waals surface area contributed by atoms with Gasteiger partial charge in [0.1, 0.15) is 5.75 Å². The predicted molar refractivity (Wildman–Crippen MR) is 152 cm³/mol. The van der Waals surface area contributed by atoms with Gasteiger partial charge in [0.25, 0.3) is 0 Å². The van der Waals surface area contributed by atoms with Crippen LogP contribution in [0, 0.1) is 0 Å². The highest BCUT2D eigenvalue weighted by molar-refractivity contribution is 9.26. The van der Waals surface area contributed by atoms with E-state index in [1.807, 2.05) is 44.8 Å². The van der Waals surface area contributed by atoms with Crippen molar-refractivity contribution in [3.63, 3.8) is 0 Å². The largest absolute Gasteiger partial charge is 0.427 e. The van der Waals surface area contributed by atoms with Crippen molar-refractivity contribution in [2.24, 2.45) is 0 Å². The molecule has 1 aromatic rings. The Hall–Kier alpha value is 0.790. The number of carbonyl (C=O) groups is 1. The van der Waals surface area contributed by atoms with Gasteiger partial charge in [-0.1, -0.05) is 66.3 Å². The first-order valence-electron chi connectivity index (χ1n) is 11.9. The van der Waals surface area contributed by atoms with E-state index < -0.39 is 0 Å². The molecule has 0 N–H and O–H groups in total. The lowest BCUT2D eigenvalue weighted by atomic mass is 10.0. The lowest BCUT2D eigenvalue weighted by Gasteiger charge is -2.38. The zero-order valence-corrected chi connectivity index (χ0v) is 23.6. The molecular weight excluding hydrogens is 513 g/mol. The number of thioether (sulfide) groups is 2. The summed E-state index contributed by atoms with van der Waals surface area (Å²) in [5.41, 5.74) is 1.28. The molecule has 5 atom stereocenters. The zero-order valence-electron chi connectivity index (χ0n) is 18.7. The second kappa shape index (κ2) is 13.8.